The molecule has 0 aliphatic carbocycles. The van der Waals surface area contributed by atoms with Crippen molar-refractivity contribution in [1.82, 2.24) is 0 Å². The van der Waals surface area contributed by atoms with Crippen molar-refractivity contribution in [1.29, 1.82) is 0 Å². The zero-order valence-electron chi connectivity index (χ0n) is 7.15. The summed E-state index contributed by atoms with van der Waals surface area (Å²) in [5.41, 5.74) is 1.32. The van der Waals surface area contributed by atoms with Gasteiger partial charge in [-0.3, -0.25) is 0 Å². The Balaban J connectivity index is 2.84. The van der Waals surface area contributed by atoms with Crippen LogP contribution in [-0.4, -0.2) is 11.5 Å². The number of hydrogen-bond acceptors (Lipinski definition) is 1. The Kier molecular flexibility index (Phi) is 7.26. The van der Waals surface area contributed by atoms with Crippen LogP contribution in [0.15, 0.2) is 12.2 Å². The van der Waals surface area contributed by atoms with Gasteiger partial charge in [-0.25, -0.2) is 0 Å². The summed E-state index contributed by atoms with van der Waals surface area (Å²) in [5.74, 6) is 2.62. The fraction of sp³-hybridized carbons (Fsp3) is 0.778. The van der Waals surface area contributed by atoms with E-state index in [1.54, 1.807) is 0 Å². The fourth-order valence-electron chi connectivity index (χ4n) is 0.722. The van der Waals surface area contributed by atoms with Gasteiger partial charge in [-0.1, -0.05) is 12.5 Å². The average molecular weight is 158 g/mol. The quantitative estimate of drug-likeness (QED) is 0.421. The minimum Gasteiger partial charge on any atom is -0.162 e. The molecule has 0 radical (unpaired) electrons. The molecular weight excluding hydrogens is 140 g/mol. The summed E-state index contributed by atoms with van der Waals surface area (Å²) < 4.78 is 0. The molecule has 0 aromatic rings. The van der Waals surface area contributed by atoms with Crippen LogP contribution >= 0.6 is 11.8 Å². The van der Waals surface area contributed by atoms with Gasteiger partial charge < -0.3 is 0 Å². The maximum Gasteiger partial charge on any atom is -0.00645 e. The maximum atomic E-state index is 3.86. The van der Waals surface area contributed by atoms with Crippen LogP contribution in [0.2, 0.25) is 0 Å². The van der Waals surface area contributed by atoms with E-state index in [2.05, 4.69) is 32.2 Å². The molecule has 0 aliphatic rings. The van der Waals surface area contributed by atoms with Gasteiger partial charge in [0, 0.05) is 0 Å². The lowest BCUT2D eigenvalue weighted by atomic mass is 10.2. The van der Waals surface area contributed by atoms with Crippen LogP contribution in [0.4, 0.5) is 0 Å². The third kappa shape index (κ3) is 8.09. The highest BCUT2D eigenvalue weighted by Gasteiger charge is 1.88. The summed E-state index contributed by atoms with van der Waals surface area (Å²) >= 11 is 2.05. The smallest absolute Gasteiger partial charge is 0.00645 e. The summed E-state index contributed by atoms with van der Waals surface area (Å²) in [5, 5.41) is 0. The molecular formula is C9H18S. The number of hydrogen-bond donors (Lipinski definition) is 0. The van der Waals surface area contributed by atoms with Crippen molar-refractivity contribution in [2.75, 3.05) is 11.5 Å². The predicted molar refractivity (Wildman–Crippen MR) is 51.7 cm³/mol. The molecule has 1 heteroatoms. The maximum absolute atomic E-state index is 3.86. The summed E-state index contributed by atoms with van der Waals surface area (Å²) in [4.78, 5) is 0. The van der Waals surface area contributed by atoms with Gasteiger partial charge in [-0.05, 0) is 37.7 Å². The first-order valence-corrected chi connectivity index (χ1v) is 5.15. The molecule has 0 N–H and O–H groups in total. The second-order valence-corrected chi connectivity index (χ2v) is 3.90. The summed E-state index contributed by atoms with van der Waals surface area (Å²) in [7, 11) is 0. The summed E-state index contributed by atoms with van der Waals surface area (Å²) in [6.07, 6.45) is 3.81. The molecule has 0 aliphatic heterocycles. The first-order chi connectivity index (χ1) is 4.77. The average Bonchev–Trinajstić information content (AvgIpc) is 1.87. The largest absolute Gasteiger partial charge is 0.162 e. The highest BCUT2D eigenvalue weighted by atomic mass is 32.2. The molecule has 10 heavy (non-hydrogen) atoms. The van der Waals surface area contributed by atoms with Gasteiger partial charge >= 0.3 is 0 Å². The molecule has 0 spiro atoms. The van der Waals surface area contributed by atoms with Gasteiger partial charge in [0.25, 0.3) is 0 Å². The molecule has 0 aromatic carbocycles. The standard InChI is InChI=1S/C9H18S/c1-4-7-10-8-5-6-9(2)3/h2,4-8H2,1,3H3. The van der Waals surface area contributed by atoms with E-state index in [-0.39, 0.29) is 0 Å². The molecule has 0 amide bonds. The third-order valence-corrected chi connectivity index (χ3v) is 2.51. The van der Waals surface area contributed by atoms with Crippen molar-refractivity contribution in [3.05, 3.63) is 12.2 Å². The van der Waals surface area contributed by atoms with E-state index >= 15 is 0 Å². The lowest BCUT2D eigenvalue weighted by Gasteiger charge is -1.98. The van der Waals surface area contributed by atoms with Gasteiger partial charge in [0.05, 0.1) is 0 Å². The van der Waals surface area contributed by atoms with Gasteiger partial charge in [0.2, 0.25) is 0 Å². The van der Waals surface area contributed by atoms with Crippen LogP contribution in [0.25, 0.3) is 0 Å². The molecule has 0 rings (SSSR count). The zero-order valence-corrected chi connectivity index (χ0v) is 7.97. The van der Waals surface area contributed by atoms with Gasteiger partial charge in [-0.15, -0.1) is 6.58 Å². The van der Waals surface area contributed by atoms with E-state index < -0.39 is 0 Å². The second kappa shape index (κ2) is 7.20. The lowest BCUT2D eigenvalue weighted by molar-refractivity contribution is 0.919. The van der Waals surface area contributed by atoms with Crippen molar-refractivity contribution in [3.63, 3.8) is 0 Å². The van der Waals surface area contributed by atoms with Gasteiger partial charge in [0.1, 0.15) is 0 Å². The number of thioether (sulfide) groups is 1. The monoisotopic (exact) mass is 158 g/mol. The molecule has 0 aromatic heterocycles. The molecule has 0 unspecified atom stereocenters. The Labute approximate surface area is 69.1 Å². The van der Waals surface area contributed by atoms with Crippen LogP contribution in [0.1, 0.15) is 33.1 Å². The van der Waals surface area contributed by atoms with Gasteiger partial charge in [0.15, 0.2) is 0 Å². The second-order valence-electron chi connectivity index (χ2n) is 2.67. The minimum absolute atomic E-state index is 1.21. The van der Waals surface area contributed by atoms with Crippen LogP contribution in [0, 0.1) is 0 Å². The van der Waals surface area contributed by atoms with Crippen molar-refractivity contribution in [2.45, 2.75) is 33.1 Å². The molecule has 0 heterocycles. The molecule has 0 fully saturated rings. The highest BCUT2D eigenvalue weighted by molar-refractivity contribution is 7.99. The Morgan fingerprint density at radius 1 is 1.40 bits per heavy atom. The Bertz CT molecular complexity index is 86.7. The van der Waals surface area contributed by atoms with Crippen LogP contribution in [-0.2, 0) is 0 Å². The van der Waals surface area contributed by atoms with E-state index in [4.69, 9.17) is 0 Å². The van der Waals surface area contributed by atoms with E-state index in [1.165, 1.54) is 36.3 Å². The van der Waals surface area contributed by atoms with Crippen LogP contribution in [0.5, 0.6) is 0 Å². The number of rotatable bonds is 6. The predicted octanol–water partition coefficient (Wildman–Crippen LogP) is 3.49. The minimum atomic E-state index is 1.21. The molecule has 0 saturated heterocycles. The highest BCUT2D eigenvalue weighted by Crippen LogP contribution is 2.08. The Morgan fingerprint density at radius 2 is 2.10 bits per heavy atom. The van der Waals surface area contributed by atoms with Crippen LogP contribution < -0.4 is 0 Å². The molecule has 0 bridgehead atoms. The topological polar surface area (TPSA) is 0 Å². The molecule has 0 saturated carbocycles. The zero-order chi connectivity index (χ0) is 7.82. The van der Waals surface area contributed by atoms with E-state index in [1.807, 2.05) is 0 Å². The van der Waals surface area contributed by atoms with Gasteiger partial charge in [-0.2, -0.15) is 11.8 Å². The first kappa shape index (κ1) is 10.1. The molecule has 60 valence electrons. The SMILES string of the molecule is C=C(C)CCCSCCC. The summed E-state index contributed by atoms with van der Waals surface area (Å²) in [6, 6.07) is 0. The molecule has 0 nitrogen and oxygen atoms in total. The fourth-order valence-corrected chi connectivity index (χ4v) is 1.56. The van der Waals surface area contributed by atoms with E-state index in [9.17, 15) is 0 Å². The van der Waals surface area contributed by atoms with E-state index in [0.717, 1.165) is 0 Å². The third-order valence-electron chi connectivity index (χ3n) is 1.24. The van der Waals surface area contributed by atoms with Crippen molar-refractivity contribution >= 4 is 11.8 Å². The van der Waals surface area contributed by atoms with Crippen molar-refractivity contribution in [2.24, 2.45) is 0 Å². The van der Waals surface area contributed by atoms with Crippen molar-refractivity contribution < 1.29 is 0 Å². The lowest BCUT2D eigenvalue weighted by Crippen LogP contribution is -1.82. The molecule has 0 atom stereocenters. The summed E-state index contributed by atoms with van der Waals surface area (Å²) in [6.45, 7) is 8.19. The first-order valence-electron chi connectivity index (χ1n) is 3.99. The Hall–Kier alpha value is 0.0900. The normalized spacial score (nSPS) is 9.80. The Morgan fingerprint density at radius 3 is 2.60 bits per heavy atom. The van der Waals surface area contributed by atoms with Crippen molar-refractivity contribution in [3.8, 4) is 0 Å². The van der Waals surface area contributed by atoms with E-state index in [0.29, 0.717) is 0 Å². The number of allylic oxidation sites excluding steroid dienone is 1. The van der Waals surface area contributed by atoms with Crippen LogP contribution in [0.3, 0.4) is 0 Å².